The number of halogens is 1. The van der Waals surface area contributed by atoms with Crippen molar-refractivity contribution in [3.8, 4) is 0 Å². The van der Waals surface area contributed by atoms with E-state index in [0.717, 1.165) is 18.7 Å². The Hall–Kier alpha value is -2.02. The van der Waals surface area contributed by atoms with E-state index < -0.39 is 0 Å². The predicted octanol–water partition coefficient (Wildman–Crippen LogP) is 2.88. The topological polar surface area (TPSA) is 79.8 Å². The molecule has 0 radical (unpaired) electrons. The van der Waals surface area contributed by atoms with Crippen LogP contribution in [0.2, 0.25) is 0 Å². The van der Waals surface area contributed by atoms with Crippen LogP contribution in [0.3, 0.4) is 0 Å². The number of rotatable bonds is 5. The van der Waals surface area contributed by atoms with Crippen molar-refractivity contribution < 1.29 is 4.79 Å². The molecule has 0 atom stereocenters. The maximum atomic E-state index is 12.3. The van der Waals surface area contributed by atoms with Crippen LogP contribution in [-0.4, -0.2) is 27.4 Å². The molecule has 0 saturated heterocycles. The fourth-order valence-electron chi connectivity index (χ4n) is 1.74. The Labute approximate surface area is 131 Å². The van der Waals surface area contributed by atoms with Gasteiger partial charge in [-0.25, -0.2) is 15.0 Å². The largest absolute Gasteiger partial charge is 0.370 e. The molecule has 1 amide bonds. The molecule has 2 heterocycles. The number of carbonyl (C=O) groups excluding carboxylic acids is 1. The highest BCUT2D eigenvalue weighted by atomic mass is 79.9. The Morgan fingerprint density at radius 1 is 1.19 bits per heavy atom. The van der Waals surface area contributed by atoms with E-state index in [9.17, 15) is 4.79 Å². The number of hydrogen-bond acceptors (Lipinski definition) is 5. The van der Waals surface area contributed by atoms with E-state index in [-0.39, 0.29) is 5.91 Å². The summed E-state index contributed by atoms with van der Waals surface area (Å²) in [4.78, 5) is 24.8. The second-order valence-electron chi connectivity index (χ2n) is 4.29. The van der Waals surface area contributed by atoms with Gasteiger partial charge in [-0.15, -0.1) is 0 Å². The monoisotopic (exact) mass is 349 g/mol. The van der Waals surface area contributed by atoms with Gasteiger partial charge >= 0.3 is 0 Å². The average molecular weight is 350 g/mol. The van der Waals surface area contributed by atoms with Gasteiger partial charge in [0, 0.05) is 17.8 Å². The quantitative estimate of drug-likeness (QED) is 0.867. The van der Waals surface area contributed by atoms with Crippen molar-refractivity contribution in [1.29, 1.82) is 0 Å². The number of carbonyl (C=O) groups is 1. The van der Waals surface area contributed by atoms with Gasteiger partial charge in [0.05, 0.1) is 12.4 Å². The first-order valence-electron chi connectivity index (χ1n) is 6.66. The van der Waals surface area contributed by atoms with Crippen LogP contribution in [-0.2, 0) is 6.42 Å². The molecule has 0 unspecified atom stereocenters. The van der Waals surface area contributed by atoms with Crippen molar-refractivity contribution in [3.05, 3.63) is 40.4 Å². The van der Waals surface area contributed by atoms with E-state index in [1.54, 1.807) is 12.1 Å². The Kier molecular flexibility index (Phi) is 5.21. The molecule has 2 rings (SSSR count). The maximum absolute atomic E-state index is 12.3. The fraction of sp³-hybridized carbons (Fsp3) is 0.286. The highest BCUT2D eigenvalue weighted by Gasteiger charge is 2.10. The fourth-order valence-corrected chi connectivity index (χ4v) is 1.94. The Morgan fingerprint density at radius 2 is 2.00 bits per heavy atom. The minimum atomic E-state index is -0.233. The molecule has 7 heteroatoms. The van der Waals surface area contributed by atoms with Gasteiger partial charge in [0.2, 0.25) is 0 Å². The van der Waals surface area contributed by atoms with Crippen LogP contribution in [0.15, 0.2) is 29.1 Å². The van der Waals surface area contributed by atoms with Crippen LogP contribution >= 0.6 is 15.9 Å². The minimum Gasteiger partial charge on any atom is -0.370 e. The third-order valence-corrected chi connectivity index (χ3v) is 3.13. The van der Waals surface area contributed by atoms with Crippen LogP contribution in [0.25, 0.3) is 0 Å². The summed E-state index contributed by atoms with van der Waals surface area (Å²) in [6.07, 6.45) is 3.79. The summed E-state index contributed by atoms with van der Waals surface area (Å²) in [6, 6.07) is 3.51. The van der Waals surface area contributed by atoms with E-state index in [1.807, 2.05) is 13.8 Å². The number of amides is 1. The van der Waals surface area contributed by atoms with Crippen LogP contribution in [0.4, 0.5) is 11.6 Å². The first-order chi connectivity index (χ1) is 10.1. The number of pyridine rings is 1. The molecule has 0 saturated carbocycles. The molecule has 0 aliphatic carbocycles. The molecule has 2 aromatic rings. The number of nitrogens with one attached hydrogen (secondary N) is 2. The summed E-state index contributed by atoms with van der Waals surface area (Å²) < 4.78 is 0.618. The lowest BCUT2D eigenvalue weighted by Gasteiger charge is -2.09. The molecule has 0 aliphatic rings. The van der Waals surface area contributed by atoms with Crippen LogP contribution in [0.5, 0.6) is 0 Å². The lowest BCUT2D eigenvalue weighted by Crippen LogP contribution is -2.15. The number of nitrogens with zero attached hydrogens (tertiary/aromatic N) is 3. The third-order valence-electron chi connectivity index (χ3n) is 2.72. The number of aromatic nitrogens is 3. The second kappa shape index (κ2) is 7.12. The molecule has 2 aromatic heterocycles. The van der Waals surface area contributed by atoms with Gasteiger partial charge in [0.15, 0.2) is 5.82 Å². The number of aryl methyl sites for hydroxylation is 1. The first-order valence-corrected chi connectivity index (χ1v) is 7.45. The van der Waals surface area contributed by atoms with Gasteiger partial charge in [0.1, 0.15) is 10.4 Å². The average Bonchev–Trinajstić information content (AvgIpc) is 2.49. The molecule has 110 valence electrons. The summed E-state index contributed by atoms with van der Waals surface area (Å²) in [5.74, 6) is 0.870. The molecular weight excluding hydrogens is 334 g/mol. The zero-order valence-electron chi connectivity index (χ0n) is 11.9. The van der Waals surface area contributed by atoms with Crippen molar-refractivity contribution in [2.24, 2.45) is 0 Å². The molecule has 21 heavy (non-hydrogen) atoms. The van der Waals surface area contributed by atoms with Crippen LogP contribution in [0.1, 0.15) is 29.9 Å². The maximum Gasteiger partial charge on any atom is 0.257 e. The second-order valence-corrected chi connectivity index (χ2v) is 5.11. The molecule has 0 fully saturated rings. The van der Waals surface area contributed by atoms with Crippen molar-refractivity contribution in [1.82, 2.24) is 15.0 Å². The van der Waals surface area contributed by atoms with Crippen molar-refractivity contribution in [2.75, 3.05) is 17.2 Å². The summed E-state index contributed by atoms with van der Waals surface area (Å²) in [5, 5.41) is 5.84. The molecule has 0 aromatic carbocycles. The van der Waals surface area contributed by atoms with Crippen LogP contribution < -0.4 is 10.6 Å². The number of anilines is 2. The standard InChI is InChI=1S/C14H16BrN5O/c1-3-10-5-9(6-12(19-10)16-4-2)14(21)20-13-8-17-11(15)7-18-13/h5-8H,3-4H2,1-2H3,(H,16,19)(H,18,20,21). The van der Waals surface area contributed by atoms with Gasteiger partial charge in [-0.2, -0.15) is 0 Å². The van der Waals surface area contributed by atoms with E-state index in [1.165, 1.54) is 12.4 Å². The third kappa shape index (κ3) is 4.22. The lowest BCUT2D eigenvalue weighted by atomic mass is 10.2. The van der Waals surface area contributed by atoms with Gasteiger partial charge in [-0.1, -0.05) is 6.92 Å². The van der Waals surface area contributed by atoms with Gasteiger partial charge in [-0.05, 0) is 41.4 Å². The minimum absolute atomic E-state index is 0.233. The van der Waals surface area contributed by atoms with Gasteiger partial charge < -0.3 is 10.6 Å². The lowest BCUT2D eigenvalue weighted by molar-refractivity contribution is 0.102. The number of hydrogen-bond donors (Lipinski definition) is 2. The smallest absolute Gasteiger partial charge is 0.257 e. The van der Waals surface area contributed by atoms with E-state index >= 15 is 0 Å². The molecule has 0 aliphatic heterocycles. The highest BCUT2D eigenvalue weighted by Crippen LogP contribution is 2.13. The highest BCUT2D eigenvalue weighted by molar-refractivity contribution is 9.10. The summed E-state index contributed by atoms with van der Waals surface area (Å²) >= 11 is 3.20. The van der Waals surface area contributed by atoms with Crippen molar-refractivity contribution in [2.45, 2.75) is 20.3 Å². The zero-order valence-corrected chi connectivity index (χ0v) is 13.4. The zero-order chi connectivity index (χ0) is 15.2. The van der Waals surface area contributed by atoms with Crippen molar-refractivity contribution in [3.63, 3.8) is 0 Å². The molecule has 2 N–H and O–H groups in total. The SMILES string of the molecule is CCNc1cc(C(=O)Nc2cnc(Br)cn2)cc(CC)n1. The Morgan fingerprint density at radius 3 is 2.62 bits per heavy atom. The molecule has 6 nitrogen and oxygen atoms in total. The summed E-state index contributed by atoms with van der Waals surface area (Å²) in [7, 11) is 0. The van der Waals surface area contributed by atoms with Gasteiger partial charge in [-0.3, -0.25) is 4.79 Å². The van der Waals surface area contributed by atoms with E-state index in [0.29, 0.717) is 21.8 Å². The summed E-state index contributed by atoms with van der Waals surface area (Å²) in [6.45, 7) is 4.73. The van der Waals surface area contributed by atoms with E-state index in [2.05, 4.69) is 41.5 Å². The van der Waals surface area contributed by atoms with Crippen LogP contribution in [0, 0.1) is 0 Å². The van der Waals surface area contributed by atoms with Crippen molar-refractivity contribution >= 4 is 33.5 Å². The Bertz CT molecular complexity index is 630. The normalized spacial score (nSPS) is 10.2. The molecule has 0 bridgehead atoms. The summed E-state index contributed by atoms with van der Waals surface area (Å²) in [5.41, 5.74) is 1.41. The Balaban J connectivity index is 2.21. The molecule has 0 spiro atoms. The molecular formula is C14H16BrN5O. The predicted molar refractivity (Wildman–Crippen MR) is 85.5 cm³/mol. The van der Waals surface area contributed by atoms with E-state index in [4.69, 9.17) is 0 Å². The first kappa shape index (κ1) is 15.4. The van der Waals surface area contributed by atoms with Gasteiger partial charge in [0.25, 0.3) is 5.91 Å².